The first-order valence-electron chi connectivity index (χ1n) is 6.46. The van der Waals surface area contributed by atoms with Crippen LogP contribution in [0.5, 0.6) is 0 Å². The lowest BCUT2D eigenvalue weighted by molar-refractivity contribution is -0.141. The lowest BCUT2D eigenvalue weighted by atomic mass is 10.1. The zero-order chi connectivity index (χ0) is 14.0. The number of rotatable bonds is 4. The van der Waals surface area contributed by atoms with Crippen molar-refractivity contribution in [2.75, 3.05) is 0 Å². The van der Waals surface area contributed by atoms with Crippen LogP contribution >= 0.6 is 11.3 Å². The number of amides is 1. The first-order chi connectivity index (χ1) is 8.97. The van der Waals surface area contributed by atoms with Crippen molar-refractivity contribution in [1.29, 1.82) is 0 Å². The molecular formula is C13H18N2O3S. The maximum absolute atomic E-state index is 12.0. The Kier molecular flexibility index (Phi) is 4.19. The van der Waals surface area contributed by atoms with E-state index in [9.17, 15) is 9.59 Å². The molecule has 0 aliphatic heterocycles. The minimum absolute atomic E-state index is 0.0437. The minimum Gasteiger partial charge on any atom is -0.481 e. The average molecular weight is 282 g/mol. The molecule has 1 saturated carbocycles. The summed E-state index contributed by atoms with van der Waals surface area (Å²) in [5.74, 6) is -0.979. The molecule has 1 aliphatic rings. The molecule has 1 aromatic heterocycles. The predicted molar refractivity (Wildman–Crippen MR) is 72.4 cm³/mol. The van der Waals surface area contributed by atoms with E-state index in [4.69, 9.17) is 5.11 Å². The molecule has 0 bridgehead atoms. The van der Waals surface area contributed by atoms with Gasteiger partial charge in [-0.05, 0) is 19.3 Å². The highest BCUT2D eigenvalue weighted by Crippen LogP contribution is 2.26. The van der Waals surface area contributed by atoms with Crippen LogP contribution in [0.3, 0.4) is 0 Å². The van der Waals surface area contributed by atoms with Crippen molar-refractivity contribution in [3.63, 3.8) is 0 Å². The van der Waals surface area contributed by atoms with Gasteiger partial charge in [0, 0.05) is 17.3 Å². The number of nitrogens with one attached hydrogen (secondary N) is 1. The Morgan fingerprint density at radius 2 is 2.21 bits per heavy atom. The lowest BCUT2D eigenvalue weighted by Crippen LogP contribution is -2.33. The van der Waals surface area contributed by atoms with Gasteiger partial charge in [0.25, 0.3) is 5.91 Å². The van der Waals surface area contributed by atoms with Crippen molar-refractivity contribution in [2.24, 2.45) is 5.92 Å². The van der Waals surface area contributed by atoms with Gasteiger partial charge in [-0.15, -0.1) is 11.3 Å². The molecule has 1 heterocycles. The van der Waals surface area contributed by atoms with Crippen LogP contribution in [0.25, 0.3) is 0 Å². The smallest absolute Gasteiger partial charge is 0.306 e. The highest BCUT2D eigenvalue weighted by atomic mass is 32.1. The van der Waals surface area contributed by atoms with E-state index >= 15 is 0 Å². The first kappa shape index (κ1) is 14.0. The normalized spacial score (nSPS) is 22.7. The summed E-state index contributed by atoms with van der Waals surface area (Å²) in [5, 5.41) is 14.5. The van der Waals surface area contributed by atoms with E-state index in [1.54, 1.807) is 5.38 Å². The standard InChI is InChI=1S/C13H18N2O3S/c1-7(2)12-15-10(6-19-12)11(16)14-9-4-3-8(5-9)13(17)18/h6-9H,3-5H2,1-2H3,(H,14,16)(H,17,18)/t8-,9-/m0/s1. The van der Waals surface area contributed by atoms with Gasteiger partial charge < -0.3 is 10.4 Å². The molecule has 5 nitrogen and oxygen atoms in total. The van der Waals surface area contributed by atoms with Crippen molar-refractivity contribution in [2.45, 2.75) is 45.1 Å². The van der Waals surface area contributed by atoms with Crippen LogP contribution in [0.15, 0.2) is 5.38 Å². The molecule has 6 heteroatoms. The van der Waals surface area contributed by atoms with E-state index in [0.29, 0.717) is 24.5 Å². The predicted octanol–water partition coefficient (Wildman–Crippen LogP) is 2.25. The SMILES string of the molecule is CC(C)c1nc(C(=O)N[C@H]2CC[C@H](C(=O)O)C2)cs1. The Bertz CT molecular complexity index is 484. The second kappa shape index (κ2) is 5.69. The molecule has 2 rings (SSSR count). The van der Waals surface area contributed by atoms with Crippen LogP contribution in [-0.4, -0.2) is 28.0 Å². The molecule has 1 aliphatic carbocycles. The number of carboxylic acids is 1. The van der Waals surface area contributed by atoms with Gasteiger partial charge in [0.2, 0.25) is 0 Å². The maximum atomic E-state index is 12.0. The third-order valence-corrected chi connectivity index (χ3v) is 4.51. The number of hydrogen-bond acceptors (Lipinski definition) is 4. The molecule has 19 heavy (non-hydrogen) atoms. The van der Waals surface area contributed by atoms with Crippen molar-refractivity contribution >= 4 is 23.2 Å². The van der Waals surface area contributed by atoms with Crippen LogP contribution in [0.4, 0.5) is 0 Å². The Labute approximate surface area is 116 Å². The topological polar surface area (TPSA) is 79.3 Å². The first-order valence-corrected chi connectivity index (χ1v) is 7.34. The summed E-state index contributed by atoms with van der Waals surface area (Å²) < 4.78 is 0. The fourth-order valence-electron chi connectivity index (χ4n) is 2.25. The molecule has 0 radical (unpaired) electrons. The molecule has 1 amide bonds. The van der Waals surface area contributed by atoms with Crippen molar-refractivity contribution in [1.82, 2.24) is 10.3 Å². The number of carboxylic acid groups (broad SMARTS) is 1. The van der Waals surface area contributed by atoms with Crippen LogP contribution in [0.2, 0.25) is 0 Å². The molecule has 0 saturated heterocycles. The Morgan fingerprint density at radius 3 is 2.74 bits per heavy atom. The van der Waals surface area contributed by atoms with Gasteiger partial charge >= 0.3 is 5.97 Å². The van der Waals surface area contributed by atoms with Crippen LogP contribution in [-0.2, 0) is 4.79 Å². The van der Waals surface area contributed by atoms with E-state index in [2.05, 4.69) is 10.3 Å². The molecule has 1 fully saturated rings. The number of carbonyl (C=O) groups excluding carboxylic acids is 1. The van der Waals surface area contributed by atoms with E-state index in [-0.39, 0.29) is 17.9 Å². The van der Waals surface area contributed by atoms with Gasteiger partial charge in [-0.25, -0.2) is 4.98 Å². The van der Waals surface area contributed by atoms with Crippen LogP contribution < -0.4 is 5.32 Å². The van der Waals surface area contributed by atoms with Crippen molar-refractivity contribution in [3.05, 3.63) is 16.1 Å². The van der Waals surface area contributed by atoms with E-state index in [1.165, 1.54) is 11.3 Å². The maximum Gasteiger partial charge on any atom is 0.306 e. The quantitative estimate of drug-likeness (QED) is 0.887. The molecule has 0 spiro atoms. The van der Waals surface area contributed by atoms with Crippen LogP contribution in [0, 0.1) is 5.92 Å². The fourth-order valence-corrected chi connectivity index (χ4v) is 3.07. The van der Waals surface area contributed by atoms with Gasteiger partial charge in [0.15, 0.2) is 0 Å². The van der Waals surface area contributed by atoms with E-state index in [0.717, 1.165) is 11.4 Å². The summed E-state index contributed by atoms with van der Waals surface area (Å²) in [6, 6.07) is -0.0437. The molecule has 0 aromatic carbocycles. The van der Waals surface area contributed by atoms with Gasteiger partial charge in [-0.1, -0.05) is 13.8 Å². The lowest BCUT2D eigenvalue weighted by Gasteiger charge is -2.11. The largest absolute Gasteiger partial charge is 0.481 e. The van der Waals surface area contributed by atoms with Crippen molar-refractivity contribution in [3.8, 4) is 0 Å². The summed E-state index contributed by atoms with van der Waals surface area (Å²) in [6.07, 6.45) is 1.88. The highest BCUT2D eigenvalue weighted by molar-refractivity contribution is 7.09. The molecule has 0 unspecified atom stereocenters. The summed E-state index contributed by atoms with van der Waals surface area (Å²) >= 11 is 1.48. The Balaban J connectivity index is 1.92. The summed E-state index contributed by atoms with van der Waals surface area (Å²) in [7, 11) is 0. The summed E-state index contributed by atoms with van der Waals surface area (Å²) in [5.41, 5.74) is 0.437. The summed E-state index contributed by atoms with van der Waals surface area (Å²) in [4.78, 5) is 27.2. The second-order valence-corrected chi connectivity index (χ2v) is 6.13. The number of thiazole rings is 1. The number of aliphatic carboxylic acids is 1. The third kappa shape index (κ3) is 3.32. The Hall–Kier alpha value is -1.43. The van der Waals surface area contributed by atoms with Gasteiger partial charge in [-0.2, -0.15) is 0 Å². The van der Waals surface area contributed by atoms with Gasteiger partial charge in [0.05, 0.1) is 10.9 Å². The molecule has 104 valence electrons. The average Bonchev–Trinajstić information content (AvgIpc) is 2.96. The van der Waals surface area contributed by atoms with Crippen LogP contribution in [0.1, 0.15) is 54.5 Å². The fraction of sp³-hybridized carbons (Fsp3) is 0.615. The molecule has 1 aromatic rings. The van der Waals surface area contributed by atoms with Gasteiger partial charge in [0.1, 0.15) is 5.69 Å². The second-order valence-electron chi connectivity index (χ2n) is 5.24. The Morgan fingerprint density at radius 1 is 1.47 bits per heavy atom. The summed E-state index contributed by atoms with van der Waals surface area (Å²) in [6.45, 7) is 4.07. The minimum atomic E-state index is -0.771. The molecular weight excluding hydrogens is 264 g/mol. The molecule has 2 N–H and O–H groups in total. The molecule has 2 atom stereocenters. The highest BCUT2D eigenvalue weighted by Gasteiger charge is 2.31. The van der Waals surface area contributed by atoms with E-state index < -0.39 is 5.97 Å². The third-order valence-electron chi connectivity index (χ3n) is 3.37. The van der Waals surface area contributed by atoms with E-state index in [1.807, 2.05) is 13.8 Å². The van der Waals surface area contributed by atoms with Crippen molar-refractivity contribution < 1.29 is 14.7 Å². The number of hydrogen-bond donors (Lipinski definition) is 2. The monoisotopic (exact) mass is 282 g/mol. The number of aromatic nitrogens is 1. The number of nitrogens with zero attached hydrogens (tertiary/aromatic N) is 1. The zero-order valence-corrected chi connectivity index (χ0v) is 11.9. The zero-order valence-electron chi connectivity index (χ0n) is 11.0. The van der Waals surface area contributed by atoms with Gasteiger partial charge in [-0.3, -0.25) is 9.59 Å². The number of carbonyl (C=O) groups is 2.